The largest absolute Gasteiger partial charge is 0.457 e. The van der Waals surface area contributed by atoms with Crippen LogP contribution in [0.4, 0.5) is 0 Å². The van der Waals surface area contributed by atoms with Crippen molar-refractivity contribution in [2.24, 2.45) is 46.3 Å². The van der Waals surface area contributed by atoms with E-state index in [2.05, 4.69) is 26.8 Å². The first kappa shape index (κ1) is 59.0. The van der Waals surface area contributed by atoms with E-state index in [1.807, 2.05) is 6.92 Å². The summed E-state index contributed by atoms with van der Waals surface area (Å²) in [5.74, 6) is -1.08. The van der Waals surface area contributed by atoms with Gasteiger partial charge < -0.3 is 109 Å². The number of rotatable bonds is 15. The molecule has 0 radical (unpaired) electrons. The first-order chi connectivity index (χ1) is 35.8. The van der Waals surface area contributed by atoms with Crippen molar-refractivity contribution < 1.29 is 113 Å². The summed E-state index contributed by atoms with van der Waals surface area (Å²) in [6.45, 7) is 11.8. The van der Waals surface area contributed by atoms with E-state index in [0.29, 0.717) is 43.4 Å². The molecule has 23 nitrogen and oxygen atoms in total. The predicted molar refractivity (Wildman–Crippen MR) is 258 cm³/mol. The number of hydrogen-bond acceptors (Lipinski definition) is 23. The lowest BCUT2D eigenvalue weighted by Gasteiger charge is -2.58. The van der Waals surface area contributed by atoms with Crippen LogP contribution in [0.3, 0.4) is 0 Å². The van der Waals surface area contributed by atoms with Gasteiger partial charge in [0, 0.05) is 19.3 Å². The summed E-state index contributed by atoms with van der Waals surface area (Å²) in [7, 11) is 0. The molecule has 436 valence electrons. The van der Waals surface area contributed by atoms with Crippen molar-refractivity contribution in [3.8, 4) is 0 Å². The minimum Gasteiger partial charge on any atom is -0.457 e. The summed E-state index contributed by atoms with van der Waals surface area (Å²) in [4.78, 5) is 12.0. The fourth-order valence-corrected chi connectivity index (χ4v) is 15.3. The van der Waals surface area contributed by atoms with E-state index in [1.54, 1.807) is 0 Å². The van der Waals surface area contributed by atoms with Crippen LogP contribution < -0.4 is 0 Å². The van der Waals surface area contributed by atoms with Gasteiger partial charge in [-0.15, -0.1) is 0 Å². The highest BCUT2D eigenvalue weighted by Gasteiger charge is 2.68. The number of hydrogen-bond donors (Lipinski definition) is 12. The zero-order valence-corrected chi connectivity index (χ0v) is 44.6. The van der Waals surface area contributed by atoms with Gasteiger partial charge in [0.2, 0.25) is 0 Å². The van der Waals surface area contributed by atoms with Crippen LogP contribution in [0, 0.1) is 46.3 Å². The second-order valence-electron chi connectivity index (χ2n) is 24.4. The molecule has 31 unspecified atom stereocenters. The van der Waals surface area contributed by atoms with Gasteiger partial charge in [0.05, 0.1) is 44.2 Å². The molecular weight excluding hydrogens is 1000 g/mol. The minimum atomic E-state index is -1.76. The quantitative estimate of drug-likeness (QED) is 0.0662. The summed E-state index contributed by atoms with van der Waals surface area (Å²) in [6, 6.07) is 0. The van der Waals surface area contributed by atoms with Crippen LogP contribution in [-0.2, 0) is 52.2 Å². The lowest BCUT2D eigenvalue weighted by atomic mass is 9.47. The topological polar surface area (TPSA) is 352 Å². The molecule has 31 atom stereocenters. The van der Waals surface area contributed by atoms with Crippen molar-refractivity contribution in [3.05, 3.63) is 11.6 Å². The molecule has 0 spiro atoms. The lowest BCUT2D eigenvalue weighted by Crippen LogP contribution is -2.66. The average molecular weight is 1090 g/mol. The molecule has 0 bridgehead atoms. The first-order valence-corrected chi connectivity index (χ1v) is 27.7. The lowest BCUT2D eigenvalue weighted by molar-refractivity contribution is -0.388. The van der Waals surface area contributed by atoms with Gasteiger partial charge in [-0.2, -0.15) is 0 Å². The number of allylic oxidation sites excluding steroid dienone is 1. The molecule has 23 heteroatoms. The Morgan fingerprint density at radius 1 is 0.697 bits per heavy atom. The van der Waals surface area contributed by atoms with Gasteiger partial charge in [-0.05, 0) is 106 Å². The molecule has 3 saturated carbocycles. The van der Waals surface area contributed by atoms with E-state index in [4.69, 9.17) is 47.4 Å². The highest BCUT2D eigenvalue weighted by molar-refractivity contribution is 5.66. The Balaban J connectivity index is 0.859. The summed E-state index contributed by atoms with van der Waals surface area (Å²) in [5, 5.41) is 129. The normalized spacial score (nSPS) is 53.7. The molecule has 0 aromatic rings. The van der Waals surface area contributed by atoms with Gasteiger partial charge in [0.25, 0.3) is 0 Å². The molecule has 9 rings (SSSR count). The van der Waals surface area contributed by atoms with Gasteiger partial charge in [-0.25, -0.2) is 0 Å². The van der Waals surface area contributed by atoms with E-state index in [9.17, 15) is 66.1 Å². The average Bonchev–Trinajstić information content (AvgIpc) is 3.87. The van der Waals surface area contributed by atoms with Gasteiger partial charge in [0.15, 0.2) is 37.1 Å². The monoisotopic (exact) mass is 1090 g/mol. The fourth-order valence-electron chi connectivity index (χ4n) is 15.3. The van der Waals surface area contributed by atoms with E-state index >= 15 is 0 Å². The minimum absolute atomic E-state index is 0.0706. The summed E-state index contributed by atoms with van der Waals surface area (Å²) in [6.07, 6.45) is -20.7. The zero-order valence-electron chi connectivity index (χ0n) is 44.6. The highest BCUT2D eigenvalue weighted by Crippen LogP contribution is 2.70. The van der Waals surface area contributed by atoms with Crippen molar-refractivity contribution >= 4 is 5.97 Å². The Labute approximate surface area is 443 Å². The molecule has 5 saturated heterocycles. The standard InChI is InChI=1S/C53H86O23/c1-21(20-67-47-40(62)39(61)37(59)32(18-54)72-47)10-15-53(66)22(2)34-31(76-53)17-30-28-9-8-26-16-27(11-13-51(26,6)29(28)12-14-52(30,34)7)71-50-46(75-49-43(65)45(70-25(5)56)36(58)24(4)69-49)42(64)44(33(19-55)73-50)74-48-41(63)38(60)35(57)23(3)68-48/h8,21-24,27-50,54-55,57-66H,9-20H2,1-7H3. The first-order valence-electron chi connectivity index (χ1n) is 27.7. The molecule has 4 aliphatic carbocycles. The highest BCUT2D eigenvalue weighted by atomic mass is 16.8. The molecule has 0 amide bonds. The van der Waals surface area contributed by atoms with Crippen LogP contribution in [0.5, 0.6) is 0 Å². The Morgan fingerprint density at radius 3 is 2.01 bits per heavy atom. The van der Waals surface area contributed by atoms with Crippen molar-refractivity contribution in [1.82, 2.24) is 0 Å². The Hall–Kier alpha value is -1.63. The molecule has 0 aromatic carbocycles. The SMILES string of the molecule is CC(=O)OC1C(O)C(C)OC(OC2C(OC3CCC4(C)C(=CCC5C4CCC4(C)C5CC5OC(O)(CCC(C)COC6OC(CO)C(O)C(O)C6O)C(C)C54)C3)OC(CO)C(OC3OC(C)C(O)C(O)C3O)C2O)C1O. The van der Waals surface area contributed by atoms with E-state index in [0.717, 1.165) is 39.0 Å². The maximum absolute atomic E-state index is 12.2. The number of aliphatic hydroxyl groups excluding tert-OH is 11. The third-order valence-corrected chi connectivity index (χ3v) is 19.7. The van der Waals surface area contributed by atoms with E-state index in [-0.39, 0.29) is 41.3 Å². The second-order valence-corrected chi connectivity index (χ2v) is 24.4. The third kappa shape index (κ3) is 10.7. The third-order valence-electron chi connectivity index (χ3n) is 19.7. The van der Waals surface area contributed by atoms with Crippen LogP contribution in [0.15, 0.2) is 11.6 Å². The van der Waals surface area contributed by atoms with Crippen LogP contribution >= 0.6 is 0 Å². The molecule has 12 N–H and O–H groups in total. The number of esters is 1. The maximum Gasteiger partial charge on any atom is 0.303 e. The van der Waals surface area contributed by atoms with E-state index in [1.165, 1.54) is 19.4 Å². The van der Waals surface area contributed by atoms with Gasteiger partial charge >= 0.3 is 5.97 Å². The molecule has 8 fully saturated rings. The molecule has 5 heterocycles. The number of carbonyl (C=O) groups excluding carboxylic acids is 1. The van der Waals surface area contributed by atoms with Crippen LogP contribution in [0.2, 0.25) is 0 Å². The van der Waals surface area contributed by atoms with E-state index < -0.39 is 154 Å². The molecule has 0 aromatic heterocycles. The van der Waals surface area contributed by atoms with Crippen LogP contribution in [0.25, 0.3) is 0 Å². The van der Waals surface area contributed by atoms with Crippen LogP contribution in [-0.4, -0.2) is 228 Å². The molecule has 5 aliphatic heterocycles. The van der Waals surface area contributed by atoms with Gasteiger partial charge in [0.1, 0.15) is 79.4 Å². The predicted octanol–water partition coefficient (Wildman–Crippen LogP) is -1.41. The summed E-state index contributed by atoms with van der Waals surface area (Å²) < 4.78 is 60.2. The van der Waals surface area contributed by atoms with Crippen LogP contribution in [0.1, 0.15) is 106 Å². The number of fused-ring (bicyclic) bond motifs is 7. The Morgan fingerprint density at radius 2 is 1.33 bits per heavy atom. The number of aliphatic hydroxyl groups is 12. The smallest absolute Gasteiger partial charge is 0.303 e. The van der Waals surface area contributed by atoms with Crippen molar-refractivity contribution in [2.45, 2.75) is 247 Å². The maximum atomic E-state index is 12.2. The number of ether oxygens (including phenoxy) is 10. The van der Waals surface area contributed by atoms with Crippen molar-refractivity contribution in [3.63, 3.8) is 0 Å². The Bertz CT molecular complexity index is 2020. The van der Waals surface area contributed by atoms with Crippen molar-refractivity contribution in [2.75, 3.05) is 19.8 Å². The Kier molecular flexibility index (Phi) is 17.8. The summed E-state index contributed by atoms with van der Waals surface area (Å²) in [5.41, 5.74) is 1.02. The number of carbonyl (C=O) groups is 1. The molecule has 9 aliphatic rings. The van der Waals surface area contributed by atoms with Gasteiger partial charge in [-0.1, -0.05) is 39.3 Å². The fraction of sp³-hybridized carbons (Fsp3) is 0.943. The van der Waals surface area contributed by atoms with Gasteiger partial charge in [-0.3, -0.25) is 4.79 Å². The van der Waals surface area contributed by atoms with Crippen molar-refractivity contribution in [1.29, 1.82) is 0 Å². The molecule has 76 heavy (non-hydrogen) atoms. The zero-order chi connectivity index (χ0) is 55.1. The summed E-state index contributed by atoms with van der Waals surface area (Å²) >= 11 is 0. The second kappa shape index (κ2) is 23.0. The molecular formula is C53H86O23.